The second-order valence-electron chi connectivity index (χ2n) is 5.53. The topological polar surface area (TPSA) is 116 Å². The molecule has 0 saturated carbocycles. The summed E-state index contributed by atoms with van der Waals surface area (Å²) in [5.41, 5.74) is 0.424. The van der Waals surface area contributed by atoms with Gasteiger partial charge < -0.3 is 5.11 Å². The molecule has 0 aliphatic carbocycles. The van der Waals surface area contributed by atoms with Gasteiger partial charge in [-0.2, -0.15) is 5.26 Å². The number of aromatic carboxylic acids is 1. The minimum Gasteiger partial charge on any atom is -0.478 e. The first-order valence-electron chi connectivity index (χ1n) is 8.04. The maximum absolute atomic E-state index is 12.4. The van der Waals surface area contributed by atoms with E-state index in [-0.39, 0.29) is 11.1 Å². The lowest BCUT2D eigenvalue weighted by atomic mass is 9.97. The number of carboxylic acids is 1. The van der Waals surface area contributed by atoms with Gasteiger partial charge in [-0.25, -0.2) is 4.79 Å². The van der Waals surface area contributed by atoms with E-state index in [1.165, 1.54) is 23.5 Å². The number of nitrogens with zero attached hydrogens (tertiary/aromatic N) is 3. The van der Waals surface area contributed by atoms with Crippen molar-refractivity contribution in [3.63, 3.8) is 0 Å². The standard InChI is InChI=1S/C19H14N4O3S/c1-2-15-22-23-19(27-15)21-17(24)13(10-20)9-12-7-3-5-11-6-4-8-14(16(11)12)18(25)26/h3-9H,2H2,1H3,(H,25,26)(H,21,23,24)/b13-9+. The van der Waals surface area contributed by atoms with Crippen LogP contribution in [0.25, 0.3) is 16.8 Å². The van der Waals surface area contributed by atoms with Crippen LogP contribution in [0.5, 0.6) is 0 Å². The third-order valence-electron chi connectivity index (χ3n) is 3.82. The van der Waals surface area contributed by atoms with E-state index in [1.807, 2.05) is 13.0 Å². The molecule has 0 aliphatic heterocycles. The van der Waals surface area contributed by atoms with Gasteiger partial charge in [0.15, 0.2) is 0 Å². The number of aromatic nitrogens is 2. The molecule has 0 unspecified atom stereocenters. The summed E-state index contributed by atoms with van der Waals surface area (Å²) < 4.78 is 0. The lowest BCUT2D eigenvalue weighted by Crippen LogP contribution is -2.13. The first kappa shape index (κ1) is 18.2. The predicted octanol–water partition coefficient (Wildman–Crippen LogP) is 3.50. The monoisotopic (exact) mass is 378 g/mol. The molecule has 8 heteroatoms. The van der Waals surface area contributed by atoms with Crippen molar-refractivity contribution in [1.29, 1.82) is 5.26 Å². The second kappa shape index (κ2) is 7.76. The number of aryl methyl sites for hydroxylation is 1. The van der Waals surface area contributed by atoms with E-state index in [1.54, 1.807) is 30.3 Å². The van der Waals surface area contributed by atoms with Crippen LogP contribution in [0.4, 0.5) is 5.13 Å². The van der Waals surface area contributed by atoms with E-state index in [2.05, 4.69) is 15.5 Å². The maximum Gasteiger partial charge on any atom is 0.336 e. The van der Waals surface area contributed by atoms with Crippen LogP contribution in [0.3, 0.4) is 0 Å². The Hall–Kier alpha value is -3.57. The Morgan fingerprint density at radius 1 is 1.26 bits per heavy atom. The van der Waals surface area contributed by atoms with Crippen LogP contribution in [0.15, 0.2) is 42.0 Å². The number of amides is 1. The van der Waals surface area contributed by atoms with Gasteiger partial charge in [0.1, 0.15) is 16.6 Å². The summed E-state index contributed by atoms with van der Waals surface area (Å²) in [6.45, 7) is 1.92. The van der Waals surface area contributed by atoms with Crippen molar-refractivity contribution in [3.8, 4) is 6.07 Å². The molecule has 0 atom stereocenters. The van der Waals surface area contributed by atoms with Crippen molar-refractivity contribution in [2.24, 2.45) is 0 Å². The van der Waals surface area contributed by atoms with Crippen molar-refractivity contribution >= 4 is 45.2 Å². The third-order valence-corrected chi connectivity index (χ3v) is 4.81. The average molecular weight is 378 g/mol. The van der Waals surface area contributed by atoms with Crippen molar-refractivity contribution in [2.75, 3.05) is 5.32 Å². The van der Waals surface area contributed by atoms with Crippen LogP contribution in [0, 0.1) is 11.3 Å². The number of hydrogen-bond donors (Lipinski definition) is 2. The number of hydrogen-bond acceptors (Lipinski definition) is 6. The Morgan fingerprint density at radius 2 is 2.00 bits per heavy atom. The van der Waals surface area contributed by atoms with Crippen LogP contribution in [-0.4, -0.2) is 27.2 Å². The summed E-state index contributed by atoms with van der Waals surface area (Å²) >= 11 is 1.24. The van der Waals surface area contributed by atoms with Crippen LogP contribution < -0.4 is 5.32 Å². The fraction of sp³-hybridized carbons (Fsp3) is 0.105. The Bertz CT molecular complexity index is 1110. The highest BCUT2D eigenvalue weighted by Crippen LogP contribution is 2.25. The number of nitrogens with one attached hydrogen (secondary N) is 1. The fourth-order valence-corrected chi connectivity index (χ4v) is 3.26. The van der Waals surface area contributed by atoms with E-state index < -0.39 is 11.9 Å². The quantitative estimate of drug-likeness (QED) is 0.518. The van der Waals surface area contributed by atoms with Gasteiger partial charge >= 0.3 is 5.97 Å². The minimum absolute atomic E-state index is 0.105. The Kier molecular flexibility index (Phi) is 5.24. The highest BCUT2D eigenvalue weighted by atomic mass is 32.1. The Balaban J connectivity index is 2.02. The van der Waals surface area contributed by atoms with Gasteiger partial charge in [0.05, 0.1) is 5.56 Å². The molecule has 1 heterocycles. The first-order valence-corrected chi connectivity index (χ1v) is 8.85. The van der Waals surface area contributed by atoms with Gasteiger partial charge in [0.25, 0.3) is 5.91 Å². The molecule has 0 radical (unpaired) electrons. The van der Waals surface area contributed by atoms with Crippen LogP contribution >= 0.6 is 11.3 Å². The number of carbonyl (C=O) groups is 2. The van der Waals surface area contributed by atoms with Gasteiger partial charge in [0.2, 0.25) is 5.13 Å². The molecular weight excluding hydrogens is 364 g/mol. The maximum atomic E-state index is 12.4. The molecule has 0 aliphatic rings. The van der Waals surface area contributed by atoms with Gasteiger partial charge in [0, 0.05) is 5.39 Å². The first-order chi connectivity index (χ1) is 13.0. The molecule has 0 bridgehead atoms. The number of carboxylic acid groups (broad SMARTS) is 1. The normalized spacial score (nSPS) is 11.2. The Labute approximate surface area is 158 Å². The Morgan fingerprint density at radius 3 is 2.63 bits per heavy atom. The number of carbonyl (C=O) groups excluding carboxylic acids is 1. The summed E-state index contributed by atoms with van der Waals surface area (Å²) in [7, 11) is 0. The van der Waals surface area contributed by atoms with Crippen molar-refractivity contribution in [3.05, 3.63) is 58.1 Å². The SMILES string of the molecule is CCc1nnc(NC(=O)/C(C#N)=C/c2cccc3cccc(C(=O)O)c23)s1. The van der Waals surface area contributed by atoms with E-state index in [9.17, 15) is 20.0 Å². The second-order valence-corrected chi connectivity index (χ2v) is 6.60. The lowest BCUT2D eigenvalue weighted by Gasteiger charge is -2.07. The average Bonchev–Trinajstić information content (AvgIpc) is 3.12. The van der Waals surface area contributed by atoms with Gasteiger partial charge in [-0.1, -0.05) is 48.6 Å². The summed E-state index contributed by atoms with van der Waals surface area (Å²) in [5.74, 6) is -1.70. The highest BCUT2D eigenvalue weighted by Gasteiger charge is 2.15. The zero-order chi connectivity index (χ0) is 19.4. The van der Waals surface area contributed by atoms with Crippen LogP contribution in [-0.2, 0) is 11.2 Å². The molecule has 3 rings (SSSR count). The third kappa shape index (κ3) is 3.83. The van der Waals surface area contributed by atoms with E-state index in [4.69, 9.17) is 0 Å². The van der Waals surface area contributed by atoms with E-state index >= 15 is 0 Å². The number of anilines is 1. The summed E-state index contributed by atoms with van der Waals surface area (Å²) in [6.07, 6.45) is 2.08. The molecule has 134 valence electrons. The van der Waals surface area contributed by atoms with Crippen LogP contribution in [0.2, 0.25) is 0 Å². The molecule has 7 nitrogen and oxygen atoms in total. The zero-order valence-corrected chi connectivity index (χ0v) is 15.1. The highest BCUT2D eigenvalue weighted by molar-refractivity contribution is 7.15. The van der Waals surface area contributed by atoms with E-state index in [0.717, 1.165) is 5.01 Å². The molecule has 1 aromatic heterocycles. The van der Waals surface area contributed by atoms with Gasteiger partial charge in [-0.3, -0.25) is 10.1 Å². The van der Waals surface area contributed by atoms with Gasteiger partial charge in [-0.05, 0) is 29.5 Å². The number of rotatable bonds is 5. The predicted molar refractivity (Wildman–Crippen MR) is 102 cm³/mol. The number of benzene rings is 2. The van der Waals surface area contributed by atoms with Crippen LogP contribution in [0.1, 0.15) is 27.9 Å². The summed E-state index contributed by atoms with van der Waals surface area (Å²) in [4.78, 5) is 24.0. The molecule has 3 aromatic rings. The molecule has 1 amide bonds. The summed E-state index contributed by atoms with van der Waals surface area (Å²) in [6, 6.07) is 12.0. The number of fused-ring (bicyclic) bond motifs is 1. The van der Waals surface area contributed by atoms with Crippen molar-refractivity contribution < 1.29 is 14.7 Å². The molecule has 0 fully saturated rings. The minimum atomic E-state index is -1.08. The van der Waals surface area contributed by atoms with Crippen molar-refractivity contribution in [1.82, 2.24) is 10.2 Å². The molecule has 27 heavy (non-hydrogen) atoms. The molecular formula is C19H14N4O3S. The van der Waals surface area contributed by atoms with E-state index in [0.29, 0.717) is 27.9 Å². The lowest BCUT2D eigenvalue weighted by molar-refractivity contribution is -0.112. The fourth-order valence-electron chi connectivity index (χ4n) is 2.58. The van der Waals surface area contributed by atoms with Crippen molar-refractivity contribution in [2.45, 2.75) is 13.3 Å². The summed E-state index contributed by atoms with van der Waals surface area (Å²) in [5, 5.41) is 31.4. The molecule has 0 saturated heterocycles. The molecule has 0 spiro atoms. The molecule has 2 N–H and O–H groups in total. The molecule has 2 aromatic carbocycles. The zero-order valence-electron chi connectivity index (χ0n) is 14.3. The largest absolute Gasteiger partial charge is 0.478 e. The number of nitriles is 1. The van der Waals surface area contributed by atoms with Gasteiger partial charge in [-0.15, -0.1) is 10.2 Å². The smallest absolute Gasteiger partial charge is 0.336 e.